The SMILES string of the molecule is CN(Cc1cccc(Cl)c1)c1cc(C(=N)N)ccn1. The van der Waals surface area contributed by atoms with Crippen LogP contribution in [0.4, 0.5) is 5.82 Å². The van der Waals surface area contributed by atoms with E-state index in [4.69, 9.17) is 22.7 Å². The van der Waals surface area contributed by atoms with E-state index in [1.54, 1.807) is 18.3 Å². The number of anilines is 1. The molecule has 1 aromatic carbocycles. The highest BCUT2D eigenvalue weighted by molar-refractivity contribution is 6.30. The Labute approximate surface area is 117 Å². The number of nitrogens with one attached hydrogen (secondary N) is 1. The van der Waals surface area contributed by atoms with Crippen LogP contribution in [0.15, 0.2) is 42.6 Å². The summed E-state index contributed by atoms with van der Waals surface area (Å²) in [7, 11) is 1.94. The van der Waals surface area contributed by atoms with Crippen LogP contribution in [-0.2, 0) is 6.54 Å². The van der Waals surface area contributed by atoms with E-state index >= 15 is 0 Å². The first-order valence-electron chi connectivity index (χ1n) is 5.82. The number of pyridine rings is 1. The van der Waals surface area contributed by atoms with Crippen molar-refractivity contribution >= 4 is 23.3 Å². The first-order valence-corrected chi connectivity index (χ1v) is 6.20. The van der Waals surface area contributed by atoms with Crippen LogP contribution in [0.1, 0.15) is 11.1 Å². The predicted molar refractivity (Wildman–Crippen MR) is 78.8 cm³/mol. The number of benzene rings is 1. The van der Waals surface area contributed by atoms with E-state index in [9.17, 15) is 0 Å². The fraction of sp³-hybridized carbons (Fsp3) is 0.143. The maximum atomic E-state index is 7.44. The molecule has 1 heterocycles. The highest BCUT2D eigenvalue weighted by atomic mass is 35.5. The number of aromatic nitrogens is 1. The monoisotopic (exact) mass is 274 g/mol. The van der Waals surface area contributed by atoms with Crippen molar-refractivity contribution in [2.45, 2.75) is 6.54 Å². The molecule has 3 N–H and O–H groups in total. The molecule has 0 saturated heterocycles. The topological polar surface area (TPSA) is 66.0 Å². The molecule has 0 bridgehead atoms. The third kappa shape index (κ3) is 3.45. The van der Waals surface area contributed by atoms with E-state index in [0.29, 0.717) is 12.1 Å². The average molecular weight is 275 g/mol. The van der Waals surface area contributed by atoms with Crippen molar-refractivity contribution in [1.29, 1.82) is 5.41 Å². The molecule has 19 heavy (non-hydrogen) atoms. The third-order valence-electron chi connectivity index (χ3n) is 2.76. The largest absolute Gasteiger partial charge is 0.384 e. The van der Waals surface area contributed by atoms with Gasteiger partial charge in [0.05, 0.1) is 0 Å². The van der Waals surface area contributed by atoms with Crippen LogP contribution in [-0.4, -0.2) is 17.9 Å². The first-order chi connectivity index (χ1) is 9.06. The van der Waals surface area contributed by atoms with Crippen molar-refractivity contribution in [2.24, 2.45) is 5.73 Å². The van der Waals surface area contributed by atoms with E-state index < -0.39 is 0 Å². The molecule has 0 radical (unpaired) electrons. The summed E-state index contributed by atoms with van der Waals surface area (Å²) in [6.45, 7) is 0.689. The zero-order valence-electron chi connectivity index (χ0n) is 10.6. The predicted octanol–water partition coefficient (Wildman–Crippen LogP) is 2.66. The van der Waals surface area contributed by atoms with Crippen molar-refractivity contribution in [1.82, 2.24) is 4.98 Å². The molecule has 0 atom stereocenters. The van der Waals surface area contributed by atoms with Gasteiger partial charge >= 0.3 is 0 Å². The second-order valence-corrected chi connectivity index (χ2v) is 4.74. The lowest BCUT2D eigenvalue weighted by molar-refractivity contribution is 0.897. The van der Waals surface area contributed by atoms with Gasteiger partial charge < -0.3 is 10.6 Å². The quantitative estimate of drug-likeness (QED) is 0.665. The Morgan fingerprint density at radius 3 is 2.84 bits per heavy atom. The van der Waals surface area contributed by atoms with Crippen molar-refractivity contribution in [3.05, 3.63) is 58.7 Å². The molecule has 0 spiro atoms. The van der Waals surface area contributed by atoms with Crippen LogP contribution in [0.5, 0.6) is 0 Å². The van der Waals surface area contributed by atoms with Crippen LogP contribution in [0.2, 0.25) is 5.02 Å². The zero-order valence-corrected chi connectivity index (χ0v) is 11.4. The molecule has 98 valence electrons. The Bertz CT molecular complexity index is 598. The van der Waals surface area contributed by atoms with Crippen LogP contribution >= 0.6 is 11.6 Å². The molecule has 2 aromatic rings. The molecule has 0 fully saturated rings. The van der Waals surface area contributed by atoms with E-state index in [1.807, 2.05) is 36.2 Å². The summed E-state index contributed by atoms with van der Waals surface area (Å²) in [6.07, 6.45) is 1.65. The average Bonchev–Trinajstić information content (AvgIpc) is 2.39. The van der Waals surface area contributed by atoms with Gasteiger partial charge in [-0.25, -0.2) is 4.98 Å². The molecule has 0 amide bonds. The molecule has 0 aliphatic rings. The molecule has 1 aromatic heterocycles. The van der Waals surface area contributed by atoms with Gasteiger partial charge in [-0.15, -0.1) is 0 Å². The van der Waals surface area contributed by atoms with Gasteiger partial charge in [0, 0.05) is 30.4 Å². The number of nitrogen functional groups attached to an aromatic ring is 1. The first kappa shape index (κ1) is 13.4. The maximum absolute atomic E-state index is 7.44. The van der Waals surface area contributed by atoms with Crippen LogP contribution in [0.25, 0.3) is 0 Å². The fourth-order valence-electron chi connectivity index (χ4n) is 1.78. The fourth-order valence-corrected chi connectivity index (χ4v) is 2.00. The minimum atomic E-state index is 0.0415. The van der Waals surface area contributed by atoms with Crippen molar-refractivity contribution < 1.29 is 0 Å². The van der Waals surface area contributed by atoms with Gasteiger partial charge in [0.2, 0.25) is 0 Å². The minimum Gasteiger partial charge on any atom is -0.384 e. The van der Waals surface area contributed by atoms with Gasteiger partial charge in [0.15, 0.2) is 0 Å². The number of hydrogen-bond acceptors (Lipinski definition) is 3. The lowest BCUT2D eigenvalue weighted by Crippen LogP contribution is -2.19. The van der Waals surface area contributed by atoms with Gasteiger partial charge in [0.1, 0.15) is 11.7 Å². The summed E-state index contributed by atoms with van der Waals surface area (Å²) in [6, 6.07) is 11.2. The number of hydrogen-bond donors (Lipinski definition) is 2. The van der Waals surface area contributed by atoms with Crippen molar-refractivity contribution in [3.8, 4) is 0 Å². The third-order valence-corrected chi connectivity index (χ3v) is 2.99. The second kappa shape index (κ2) is 5.71. The summed E-state index contributed by atoms with van der Waals surface area (Å²) in [5.74, 6) is 0.812. The van der Waals surface area contributed by atoms with Crippen molar-refractivity contribution in [3.63, 3.8) is 0 Å². The van der Waals surface area contributed by atoms with Crippen LogP contribution in [0, 0.1) is 5.41 Å². The lowest BCUT2D eigenvalue weighted by atomic mass is 10.2. The van der Waals surface area contributed by atoms with Gasteiger partial charge in [-0.1, -0.05) is 23.7 Å². The highest BCUT2D eigenvalue weighted by Gasteiger charge is 2.06. The normalized spacial score (nSPS) is 10.2. The summed E-state index contributed by atoms with van der Waals surface area (Å²) in [4.78, 5) is 6.27. The standard InChI is InChI=1S/C14H15ClN4/c1-19(9-10-3-2-4-12(15)7-10)13-8-11(14(16)17)5-6-18-13/h2-8H,9H2,1H3,(H3,16,17). The van der Waals surface area contributed by atoms with E-state index in [1.165, 1.54) is 0 Å². The van der Waals surface area contributed by atoms with E-state index in [2.05, 4.69) is 4.98 Å². The Hall–Kier alpha value is -2.07. The molecule has 0 unspecified atom stereocenters. The van der Waals surface area contributed by atoms with E-state index in [-0.39, 0.29) is 5.84 Å². The Morgan fingerprint density at radius 2 is 2.16 bits per heavy atom. The molecule has 4 nitrogen and oxygen atoms in total. The van der Waals surface area contributed by atoms with Gasteiger partial charge in [-0.05, 0) is 29.8 Å². The molecule has 0 saturated carbocycles. The molecule has 0 aliphatic carbocycles. The zero-order chi connectivity index (χ0) is 13.8. The smallest absolute Gasteiger partial charge is 0.129 e. The van der Waals surface area contributed by atoms with Crippen LogP contribution in [0.3, 0.4) is 0 Å². The molecule has 0 aliphatic heterocycles. The Balaban J connectivity index is 2.18. The van der Waals surface area contributed by atoms with Gasteiger partial charge in [-0.2, -0.15) is 0 Å². The molecule has 2 rings (SSSR count). The van der Waals surface area contributed by atoms with Crippen LogP contribution < -0.4 is 10.6 Å². The number of rotatable bonds is 4. The number of amidine groups is 1. The summed E-state index contributed by atoms with van der Waals surface area (Å²) in [5.41, 5.74) is 7.25. The number of nitrogens with zero attached hydrogens (tertiary/aromatic N) is 2. The van der Waals surface area contributed by atoms with Crippen molar-refractivity contribution in [2.75, 3.05) is 11.9 Å². The minimum absolute atomic E-state index is 0.0415. The molecular weight excluding hydrogens is 260 g/mol. The van der Waals surface area contributed by atoms with Gasteiger partial charge in [-0.3, -0.25) is 5.41 Å². The summed E-state index contributed by atoms with van der Waals surface area (Å²) < 4.78 is 0. The Kier molecular flexibility index (Phi) is 4.02. The lowest BCUT2D eigenvalue weighted by Gasteiger charge is -2.18. The maximum Gasteiger partial charge on any atom is 0.129 e. The highest BCUT2D eigenvalue weighted by Crippen LogP contribution is 2.16. The number of halogens is 1. The summed E-state index contributed by atoms with van der Waals surface area (Å²) >= 11 is 5.96. The van der Waals surface area contributed by atoms with Gasteiger partial charge in [0.25, 0.3) is 0 Å². The Morgan fingerprint density at radius 1 is 1.37 bits per heavy atom. The molecular formula is C14H15ClN4. The molecule has 5 heteroatoms. The second-order valence-electron chi connectivity index (χ2n) is 4.30. The summed E-state index contributed by atoms with van der Waals surface area (Å²) in [5, 5.41) is 8.16. The van der Waals surface area contributed by atoms with E-state index in [0.717, 1.165) is 16.4 Å². The number of nitrogens with two attached hydrogens (primary N) is 1.